The Morgan fingerprint density at radius 3 is 0.980 bits per heavy atom. The molecule has 0 bridgehead atoms. The maximum Gasteiger partial charge on any atom is 0.243 e. The Kier molecular flexibility index (Phi) is 36.1. The van der Waals surface area contributed by atoms with Crippen LogP contribution in [0.15, 0.2) is 37.4 Å². The summed E-state index contributed by atoms with van der Waals surface area (Å²) in [6.45, 7) is 4.61. The van der Waals surface area contributed by atoms with Crippen LogP contribution in [0, 0.1) is 0 Å². The molecule has 0 aliphatic rings. The lowest BCUT2D eigenvalue weighted by molar-refractivity contribution is -0.671. The maximum atomic E-state index is 2.48. The van der Waals surface area contributed by atoms with Crippen LogP contribution < -0.4 is 43.1 Å². The lowest BCUT2D eigenvalue weighted by Gasteiger charge is -2.15. The topological polar surface area (TPSA) is 17.6 Å². The van der Waals surface area contributed by atoms with Crippen LogP contribution in [0.25, 0.3) is 0 Å². The molecular weight excluding hydrogens is 784 g/mol. The van der Waals surface area contributed by atoms with Crippen molar-refractivity contribution in [1.82, 2.24) is 9.13 Å². The van der Waals surface area contributed by atoms with E-state index in [1.807, 2.05) is 0 Å². The Morgan fingerprint density at radius 1 is 0.440 bits per heavy atom. The summed E-state index contributed by atoms with van der Waals surface area (Å²) in [6, 6.07) is 1.26. The first kappa shape index (κ1) is 50.1. The lowest BCUT2D eigenvalue weighted by Crippen LogP contribution is -3.00. The maximum absolute atomic E-state index is 2.48. The van der Waals surface area contributed by atoms with E-state index in [0.29, 0.717) is 12.1 Å². The molecule has 0 spiro atoms. The summed E-state index contributed by atoms with van der Waals surface area (Å²) in [6.07, 6.45) is 50.4. The zero-order chi connectivity index (χ0) is 34.3. The SMILES string of the molecule is CCCCCCCCCCCCCCC(CSCCSCC(CCCCCCCCCCCCCC)n1cc[n+](C)c1)n1cc[n+](C)c1.[Br-].[Br-]. The highest BCUT2D eigenvalue weighted by Crippen LogP contribution is 2.25. The minimum atomic E-state index is 0. The van der Waals surface area contributed by atoms with Gasteiger partial charge in [-0.1, -0.05) is 155 Å². The van der Waals surface area contributed by atoms with Crippen molar-refractivity contribution in [3.05, 3.63) is 37.4 Å². The number of hydrogen-bond acceptors (Lipinski definition) is 2. The first-order valence-corrected chi connectivity index (χ1v) is 23.2. The molecule has 2 rings (SSSR count). The van der Waals surface area contributed by atoms with Crippen LogP contribution in [0.5, 0.6) is 0 Å². The van der Waals surface area contributed by atoms with Crippen molar-refractivity contribution in [2.24, 2.45) is 14.1 Å². The largest absolute Gasteiger partial charge is 1.00 e. The molecule has 0 radical (unpaired) electrons. The molecule has 0 saturated carbocycles. The summed E-state index contributed by atoms with van der Waals surface area (Å²) in [5.41, 5.74) is 0. The number of unbranched alkanes of at least 4 members (excludes halogenated alkanes) is 22. The lowest BCUT2D eigenvalue weighted by atomic mass is 10.0. The molecular formula is C42H80Br2N4S2. The van der Waals surface area contributed by atoms with E-state index < -0.39 is 0 Å². The molecule has 294 valence electrons. The van der Waals surface area contributed by atoms with Gasteiger partial charge in [0.15, 0.2) is 0 Å². The summed E-state index contributed by atoms with van der Waals surface area (Å²) in [5.74, 6) is 5.00. The fourth-order valence-corrected chi connectivity index (χ4v) is 9.50. The normalized spacial score (nSPS) is 12.5. The Morgan fingerprint density at radius 2 is 0.720 bits per heavy atom. The molecule has 2 aromatic rings. The van der Waals surface area contributed by atoms with Crippen molar-refractivity contribution in [1.29, 1.82) is 0 Å². The van der Waals surface area contributed by atoms with Gasteiger partial charge in [-0.15, -0.1) is 0 Å². The third-order valence-electron chi connectivity index (χ3n) is 10.2. The highest BCUT2D eigenvalue weighted by Gasteiger charge is 2.18. The van der Waals surface area contributed by atoms with E-state index in [4.69, 9.17) is 0 Å². The molecule has 2 heterocycles. The molecule has 0 N–H and O–H groups in total. The van der Waals surface area contributed by atoms with E-state index >= 15 is 0 Å². The number of rotatable bonds is 35. The number of imidazole rings is 2. The van der Waals surface area contributed by atoms with Crippen LogP contribution in [-0.4, -0.2) is 32.1 Å². The third-order valence-corrected chi connectivity index (χ3v) is 12.7. The predicted octanol–water partition coefficient (Wildman–Crippen LogP) is 6.38. The molecule has 0 aliphatic carbocycles. The predicted molar refractivity (Wildman–Crippen MR) is 215 cm³/mol. The van der Waals surface area contributed by atoms with Crippen LogP contribution in [0.4, 0.5) is 0 Å². The van der Waals surface area contributed by atoms with E-state index in [-0.39, 0.29) is 34.0 Å². The number of aromatic nitrogens is 4. The summed E-state index contributed by atoms with van der Waals surface area (Å²) >= 11 is 4.35. The van der Waals surface area contributed by atoms with Gasteiger partial charge >= 0.3 is 0 Å². The van der Waals surface area contributed by atoms with Gasteiger partial charge in [0.1, 0.15) is 36.9 Å². The smallest absolute Gasteiger partial charge is 0.243 e. The number of halogens is 2. The van der Waals surface area contributed by atoms with E-state index in [0.717, 1.165) is 0 Å². The van der Waals surface area contributed by atoms with Crippen LogP contribution in [0.1, 0.15) is 193 Å². The number of thioether (sulfide) groups is 2. The van der Waals surface area contributed by atoms with Crippen molar-refractivity contribution in [2.45, 2.75) is 193 Å². The first-order chi connectivity index (χ1) is 23.6. The van der Waals surface area contributed by atoms with Gasteiger partial charge in [0.25, 0.3) is 0 Å². The molecule has 2 aromatic heterocycles. The second-order valence-corrected chi connectivity index (χ2v) is 17.2. The van der Waals surface area contributed by atoms with Crippen LogP contribution in [0.2, 0.25) is 0 Å². The van der Waals surface area contributed by atoms with Crippen molar-refractivity contribution < 1.29 is 43.1 Å². The zero-order valence-corrected chi connectivity index (χ0v) is 38.0. The minimum Gasteiger partial charge on any atom is -1.00 e. The number of nitrogens with zero attached hydrogens (tertiary/aromatic N) is 4. The van der Waals surface area contributed by atoms with Crippen molar-refractivity contribution in [3.63, 3.8) is 0 Å². The zero-order valence-electron chi connectivity index (χ0n) is 33.2. The average molecular weight is 865 g/mol. The molecule has 0 aromatic carbocycles. The van der Waals surface area contributed by atoms with Crippen LogP contribution >= 0.6 is 23.5 Å². The molecule has 0 fully saturated rings. The summed E-state index contributed by atoms with van der Waals surface area (Å²) in [7, 11) is 4.30. The van der Waals surface area contributed by atoms with E-state index in [1.54, 1.807) is 0 Å². The fraction of sp³-hybridized carbons (Fsp3) is 0.857. The Balaban J connectivity index is 0.0000120. The third kappa shape index (κ3) is 26.8. The number of aryl methyl sites for hydroxylation is 2. The van der Waals surface area contributed by atoms with Gasteiger partial charge in [-0.05, 0) is 25.7 Å². The van der Waals surface area contributed by atoms with Gasteiger partial charge in [-0.2, -0.15) is 23.5 Å². The first-order valence-electron chi connectivity index (χ1n) is 20.8. The summed E-state index contributed by atoms with van der Waals surface area (Å²) in [4.78, 5) is 0. The quantitative estimate of drug-likeness (QED) is 0.0593. The number of hydrogen-bond donors (Lipinski definition) is 0. The Bertz CT molecular complexity index is 893. The van der Waals surface area contributed by atoms with Gasteiger partial charge in [-0.3, -0.25) is 0 Å². The van der Waals surface area contributed by atoms with Crippen molar-refractivity contribution in [3.8, 4) is 0 Å². The molecule has 0 aliphatic heterocycles. The summed E-state index contributed by atoms with van der Waals surface area (Å²) in [5, 5.41) is 0. The molecule has 2 unspecified atom stereocenters. The van der Waals surface area contributed by atoms with Gasteiger partial charge in [-0.25, -0.2) is 18.3 Å². The van der Waals surface area contributed by atoms with E-state index in [1.165, 1.54) is 190 Å². The van der Waals surface area contributed by atoms with Gasteiger partial charge in [0.2, 0.25) is 12.7 Å². The Labute approximate surface area is 341 Å². The van der Waals surface area contributed by atoms with Gasteiger partial charge < -0.3 is 34.0 Å². The average Bonchev–Trinajstić information content (AvgIpc) is 3.73. The molecule has 0 saturated heterocycles. The standard InChI is InChI=1S/C42H80N4S2.2BrH/c1-5-7-9-11-13-15-17-19-21-23-25-27-29-41(45-33-31-43(3)39-45)37-47-35-36-48-38-42(46-34-32-44(4)40-46)30-28-26-24-22-20-18-16-14-12-10-8-6-2;;/h31-34,39-42H,5-30,35-38H2,1-4H3;2*1H/q+2;;/p-2. The second kappa shape index (κ2) is 36.1. The minimum absolute atomic E-state index is 0. The van der Waals surface area contributed by atoms with E-state index in [9.17, 15) is 0 Å². The van der Waals surface area contributed by atoms with Crippen molar-refractivity contribution in [2.75, 3.05) is 23.0 Å². The van der Waals surface area contributed by atoms with Gasteiger partial charge in [0, 0.05) is 23.0 Å². The summed E-state index contributed by atoms with van der Waals surface area (Å²) < 4.78 is 9.37. The molecule has 4 nitrogen and oxygen atoms in total. The van der Waals surface area contributed by atoms with Crippen molar-refractivity contribution >= 4 is 23.5 Å². The van der Waals surface area contributed by atoms with Crippen LogP contribution in [0.3, 0.4) is 0 Å². The van der Waals surface area contributed by atoms with Crippen LogP contribution in [-0.2, 0) is 14.1 Å². The molecule has 0 amide bonds. The fourth-order valence-electron chi connectivity index (χ4n) is 7.01. The Hall–Kier alpha value is 0.0800. The molecule has 50 heavy (non-hydrogen) atoms. The van der Waals surface area contributed by atoms with E-state index in [2.05, 4.69) is 107 Å². The highest BCUT2D eigenvalue weighted by molar-refractivity contribution is 8.02. The molecule has 8 heteroatoms. The van der Waals surface area contributed by atoms with Gasteiger partial charge in [0.05, 0.1) is 14.1 Å². The second-order valence-electron chi connectivity index (χ2n) is 14.9. The molecule has 2 atom stereocenters. The highest BCUT2D eigenvalue weighted by atomic mass is 79.9. The monoisotopic (exact) mass is 862 g/mol.